The van der Waals surface area contributed by atoms with Crippen LogP contribution in [0.5, 0.6) is 0 Å². The molecule has 0 aromatic carbocycles. The van der Waals surface area contributed by atoms with Gasteiger partial charge < -0.3 is 20.7 Å². The Morgan fingerprint density at radius 1 is 1.29 bits per heavy atom. The fraction of sp³-hybridized carbons (Fsp3) is 0.938. The SMILES string of the molecule is CC(C)OC1CCC(NC(=O)N2C[C@@H]3CC[C@]3(N)C2)CC1. The molecule has 5 nitrogen and oxygen atoms in total. The number of likely N-dealkylation sites (tertiary alicyclic amines) is 1. The Balaban J connectivity index is 1.42. The molecule has 1 aliphatic heterocycles. The summed E-state index contributed by atoms with van der Waals surface area (Å²) in [5.41, 5.74) is 6.21. The van der Waals surface area contributed by atoms with Gasteiger partial charge in [-0.25, -0.2) is 4.79 Å². The van der Waals surface area contributed by atoms with Crippen molar-refractivity contribution in [1.82, 2.24) is 10.2 Å². The second kappa shape index (κ2) is 5.76. The van der Waals surface area contributed by atoms with Gasteiger partial charge in [-0.15, -0.1) is 0 Å². The molecule has 2 aliphatic carbocycles. The van der Waals surface area contributed by atoms with Crippen molar-refractivity contribution >= 4 is 6.03 Å². The van der Waals surface area contributed by atoms with E-state index in [-0.39, 0.29) is 11.6 Å². The number of carbonyl (C=O) groups is 1. The number of hydrogen-bond donors (Lipinski definition) is 2. The van der Waals surface area contributed by atoms with Gasteiger partial charge in [-0.2, -0.15) is 0 Å². The highest BCUT2D eigenvalue weighted by Crippen LogP contribution is 2.42. The standard InChI is InChI=1S/C16H29N3O2/c1-11(2)21-14-5-3-13(4-6-14)18-15(20)19-9-12-7-8-16(12,17)10-19/h11-14H,3-10,17H2,1-2H3,(H,18,20)/t12-,13?,14?,16-/m0/s1. The highest BCUT2D eigenvalue weighted by Gasteiger charge is 2.51. The molecular weight excluding hydrogens is 266 g/mol. The number of ether oxygens (including phenoxy) is 1. The number of hydrogen-bond acceptors (Lipinski definition) is 3. The largest absolute Gasteiger partial charge is 0.376 e. The molecule has 0 aromatic rings. The average Bonchev–Trinajstić information content (AvgIpc) is 2.65. The molecule has 0 aromatic heterocycles. The molecule has 0 radical (unpaired) electrons. The summed E-state index contributed by atoms with van der Waals surface area (Å²) in [5, 5.41) is 3.20. The predicted molar refractivity (Wildman–Crippen MR) is 82.0 cm³/mol. The summed E-state index contributed by atoms with van der Waals surface area (Å²) < 4.78 is 5.85. The first kappa shape index (κ1) is 15.1. The predicted octanol–water partition coefficient (Wildman–Crippen LogP) is 1.86. The lowest BCUT2D eigenvalue weighted by molar-refractivity contribution is -0.0157. The van der Waals surface area contributed by atoms with Gasteiger partial charge in [0, 0.05) is 24.7 Å². The van der Waals surface area contributed by atoms with Crippen LogP contribution in [0.15, 0.2) is 0 Å². The first-order chi connectivity index (χ1) is 9.96. The fourth-order valence-corrected chi connectivity index (χ4v) is 4.04. The minimum Gasteiger partial charge on any atom is -0.376 e. The van der Waals surface area contributed by atoms with Crippen LogP contribution in [-0.2, 0) is 4.74 Å². The Morgan fingerprint density at radius 2 is 2.00 bits per heavy atom. The first-order valence-corrected chi connectivity index (χ1v) is 8.46. The molecule has 0 spiro atoms. The van der Waals surface area contributed by atoms with E-state index in [9.17, 15) is 4.79 Å². The lowest BCUT2D eigenvalue weighted by Crippen LogP contribution is -2.55. The molecular formula is C16H29N3O2. The summed E-state index contributed by atoms with van der Waals surface area (Å²) in [5.74, 6) is 0.526. The van der Waals surface area contributed by atoms with Crippen LogP contribution in [0.4, 0.5) is 4.79 Å². The zero-order valence-electron chi connectivity index (χ0n) is 13.3. The van der Waals surface area contributed by atoms with E-state index >= 15 is 0 Å². The molecule has 5 heteroatoms. The van der Waals surface area contributed by atoms with E-state index in [1.807, 2.05) is 4.90 Å². The third-order valence-corrected chi connectivity index (χ3v) is 5.45. The van der Waals surface area contributed by atoms with Crippen LogP contribution >= 0.6 is 0 Å². The topological polar surface area (TPSA) is 67.6 Å². The number of fused-ring (bicyclic) bond motifs is 1. The van der Waals surface area contributed by atoms with Crippen LogP contribution in [0.3, 0.4) is 0 Å². The maximum Gasteiger partial charge on any atom is 0.317 e. The molecule has 3 fully saturated rings. The maximum atomic E-state index is 12.4. The Bertz CT molecular complexity index is 393. The number of urea groups is 1. The Labute approximate surface area is 127 Å². The van der Waals surface area contributed by atoms with Crippen molar-refractivity contribution in [3.05, 3.63) is 0 Å². The monoisotopic (exact) mass is 295 g/mol. The van der Waals surface area contributed by atoms with E-state index in [2.05, 4.69) is 19.2 Å². The number of nitrogens with one attached hydrogen (secondary N) is 1. The van der Waals surface area contributed by atoms with Crippen molar-refractivity contribution in [2.75, 3.05) is 13.1 Å². The summed E-state index contributed by atoms with van der Waals surface area (Å²) >= 11 is 0. The van der Waals surface area contributed by atoms with Crippen molar-refractivity contribution in [1.29, 1.82) is 0 Å². The van der Waals surface area contributed by atoms with Crippen LogP contribution < -0.4 is 11.1 Å². The van der Waals surface area contributed by atoms with E-state index in [0.29, 0.717) is 24.2 Å². The third kappa shape index (κ3) is 3.19. The van der Waals surface area contributed by atoms with Gasteiger partial charge in [-0.1, -0.05) is 0 Å². The smallest absolute Gasteiger partial charge is 0.317 e. The average molecular weight is 295 g/mol. The van der Waals surface area contributed by atoms with E-state index < -0.39 is 0 Å². The van der Waals surface area contributed by atoms with Gasteiger partial charge in [0.15, 0.2) is 0 Å². The summed E-state index contributed by atoms with van der Waals surface area (Å²) in [4.78, 5) is 14.3. The van der Waals surface area contributed by atoms with Gasteiger partial charge in [0.1, 0.15) is 0 Å². The molecule has 2 amide bonds. The number of amides is 2. The molecule has 1 heterocycles. The number of rotatable bonds is 3. The number of nitrogens with zero attached hydrogens (tertiary/aromatic N) is 1. The summed E-state index contributed by atoms with van der Waals surface area (Å²) in [7, 11) is 0. The van der Waals surface area contributed by atoms with Gasteiger partial charge in [-0.05, 0) is 58.3 Å². The number of carbonyl (C=O) groups excluding carboxylic acids is 1. The minimum atomic E-state index is -0.0832. The van der Waals surface area contributed by atoms with Crippen LogP contribution in [0, 0.1) is 5.92 Å². The van der Waals surface area contributed by atoms with Crippen molar-refractivity contribution in [2.45, 2.75) is 76.2 Å². The van der Waals surface area contributed by atoms with Crippen molar-refractivity contribution < 1.29 is 9.53 Å². The maximum absolute atomic E-state index is 12.4. The molecule has 0 unspecified atom stereocenters. The Morgan fingerprint density at radius 3 is 2.48 bits per heavy atom. The zero-order valence-corrected chi connectivity index (χ0v) is 13.3. The fourth-order valence-electron chi connectivity index (χ4n) is 4.04. The molecule has 3 aliphatic rings. The van der Waals surface area contributed by atoms with Gasteiger partial charge >= 0.3 is 6.03 Å². The van der Waals surface area contributed by atoms with E-state index in [4.69, 9.17) is 10.5 Å². The van der Waals surface area contributed by atoms with E-state index in [0.717, 1.165) is 45.2 Å². The quantitative estimate of drug-likeness (QED) is 0.835. The second-order valence-corrected chi connectivity index (χ2v) is 7.46. The van der Waals surface area contributed by atoms with Crippen molar-refractivity contribution in [3.8, 4) is 0 Å². The Kier molecular flexibility index (Phi) is 4.14. The minimum absolute atomic E-state index is 0.0832. The van der Waals surface area contributed by atoms with Crippen LogP contribution in [-0.4, -0.2) is 47.8 Å². The van der Waals surface area contributed by atoms with E-state index in [1.165, 1.54) is 6.42 Å². The van der Waals surface area contributed by atoms with Crippen LogP contribution in [0.1, 0.15) is 52.4 Å². The first-order valence-electron chi connectivity index (χ1n) is 8.46. The summed E-state index contributed by atoms with van der Waals surface area (Å²) in [6.07, 6.45) is 7.05. The molecule has 2 saturated carbocycles. The summed E-state index contributed by atoms with van der Waals surface area (Å²) in [6, 6.07) is 0.388. The van der Waals surface area contributed by atoms with Crippen LogP contribution in [0.2, 0.25) is 0 Å². The van der Waals surface area contributed by atoms with Gasteiger partial charge in [0.05, 0.1) is 12.2 Å². The molecule has 3 rings (SSSR count). The molecule has 3 N–H and O–H groups in total. The molecule has 1 saturated heterocycles. The normalized spacial score (nSPS) is 39.0. The van der Waals surface area contributed by atoms with Gasteiger partial charge in [0.2, 0.25) is 0 Å². The third-order valence-electron chi connectivity index (χ3n) is 5.45. The molecule has 2 atom stereocenters. The molecule has 21 heavy (non-hydrogen) atoms. The lowest BCUT2D eigenvalue weighted by Gasteiger charge is -2.39. The summed E-state index contributed by atoms with van der Waals surface area (Å²) in [6.45, 7) is 5.74. The highest BCUT2D eigenvalue weighted by molar-refractivity contribution is 5.75. The Hall–Kier alpha value is -0.810. The van der Waals surface area contributed by atoms with E-state index in [1.54, 1.807) is 0 Å². The van der Waals surface area contributed by atoms with Crippen molar-refractivity contribution in [3.63, 3.8) is 0 Å². The van der Waals surface area contributed by atoms with Gasteiger partial charge in [0.25, 0.3) is 0 Å². The van der Waals surface area contributed by atoms with Gasteiger partial charge in [-0.3, -0.25) is 0 Å². The lowest BCUT2D eigenvalue weighted by atomic mass is 9.70. The van der Waals surface area contributed by atoms with Crippen molar-refractivity contribution in [2.24, 2.45) is 11.7 Å². The van der Waals surface area contributed by atoms with Crippen LogP contribution in [0.25, 0.3) is 0 Å². The molecule has 0 bridgehead atoms. The highest BCUT2D eigenvalue weighted by atomic mass is 16.5. The molecule has 120 valence electrons. The second-order valence-electron chi connectivity index (χ2n) is 7.46. The number of nitrogens with two attached hydrogens (primary N) is 1. The zero-order chi connectivity index (χ0) is 15.0.